The molecule has 4 rings (SSSR count). The summed E-state index contributed by atoms with van der Waals surface area (Å²) in [6, 6.07) is 6.71. The Morgan fingerprint density at radius 1 is 1.14 bits per heavy atom. The molecule has 0 unspecified atom stereocenters. The second-order valence-electron chi connectivity index (χ2n) is 9.97. The first-order chi connectivity index (χ1) is 16.7. The Balaban J connectivity index is 1.54. The van der Waals surface area contributed by atoms with Crippen LogP contribution in [0.3, 0.4) is 0 Å². The predicted molar refractivity (Wildman–Crippen MR) is 141 cm³/mol. The molecule has 1 N–H and O–H groups in total. The minimum atomic E-state index is -0.233. The number of carbonyl (C=O) groups is 1. The van der Waals surface area contributed by atoms with E-state index in [1.165, 1.54) is 17.6 Å². The van der Waals surface area contributed by atoms with Gasteiger partial charge in [-0.1, -0.05) is 11.6 Å². The van der Waals surface area contributed by atoms with Crippen LogP contribution in [-0.2, 0) is 13.0 Å². The van der Waals surface area contributed by atoms with E-state index in [9.17, 15) is 9.59 Å². The number of nitrogens with zero attached hydrogens (tertiary/aromatic N) is 3. The smallest absolute Gasteiger partial charge is 0.288 e. The lowest BCUT2D eigenvalue weighted by molar-refractivity contribution is 0.0949. The number of fused-ring (bicyclic) bond motifs is 1. The molecular formula is C27H37ClN4O3. The molecule has 7 nitrogen and oxygen atoms in total. The zero-order valence-electron chi connectivity index (χ0n) is 21.5. The maximum absolute atomic E-state index is 13.3. The van der Waals surface area contributed by atoms with E-state index in [1.54, 1.807) is 6.07 Å². The Bertz CT molecular complexity index is 1150. The zero-order chi connectivity index (χ0) is 25.3. The topological polar surface area (TPSA) is 66.8 Å². The standard InChI is InChI=1S/C27H37ClN4O3/c1-6-31(21-9-7-20(8-10-21)30(4)5)25-15-19(28)14-23(18(25)3)26(33)29-16-24-17(2)13-22-11-12-35-32(22)27(24)34/h13-15,20-21H,6-12,16H2,1-5H3,(H,29,33)/t20-,21-. The van der Waals surface area contributed by atoms with Crippen molar-refractivity contribution in [1.29, 1.82) is 0 Å². The molecule has 1 aromatic carbocycles. The summed E-state index contributed by atoms with van der Waals surface area (Å²) in [7, 11) is 4.31. The van der Waals surface area contributed by atoms with Crippen LogP contribution in [0.15, 0.2) is 23.0 Å². The van der Waals surface area contributed by atoms with Crippen LogP contribution in [0, 0.1) is 13.8 Å². The Morgan fingerprint density at radius 2 is 1.83 bits per heavy atom. The SMILES string of the molecule is CCN(c1cc(Cl)cc(C(=O)NCc2c(C)cc3n(c2=O)OCC3)c1C)[C@H]1CC[C@H](N(C)C)CC1. The highest BCUT2D eigenvalue weighted by Crippen LogP contribution is 2.34. The molecule has 2 aliphatic rings. The highest BCUT2D eigenvalue weighted by molar-refractivity contribution is 6.31. The molecule has 0 atom stereocenters. The molecule has 2 heterocycles. The number of pyridine rings is 1. The van der Waals surface area contributed by atoms with Gasteiger partial charge in [-0.25, -0.2) is 0 Å². The summed E-state index contributed by atoms with van der Waals surface area (Å²) in [5.41, 5.74) is 4.54. The fraction of sp³-hybridized carbons (Fsp3) is 0.556. The summed E-state index contributed by atoms with van der Waals surface area (Å²) in [5, 5.41) is 3.49. The fourth-order valence-electron chi connectivity index (χ4n) is 5.56. The number of rotatable bonds is 7. The molecule has 1 fully saturated rings. The van der Waals surface area contributed by atoms with Crippen molar-refractivity contribution in [3.8, 4) is 0 Å². The highest BCUT2D eigenvalue weighted by atomic mass is 35.5. The second kappa shape index (κ2) is 10.6. The Morgan fingerprint density at radius 3 is 2.49 bits per heavy atom. The van der Waals surface area contributed by atoms with E-state index in [-0.39, 0.29) is 18.0 Å². The Labute approximate surface area is 213 Å². The number of amides is 1. The third-order valence-corrected chi connectivity index (χ3v) is 7.86. The van der Waals surface area contributed by atoms with E-state index in [0.717, 1.165) is 48.3 Å². The lowest BCUT2D eigenvalue weighted by Crippen LogP contribution is -2.42. The van der Waals surface area contributed by atoms with Gasteiger partial charge in [-0.15, -0.1) is 4.73 Å². The molecule has 0 saturated heterocycles. The summed E-state index contributed by atoms with van der Waals surface area (Å²) in [6.45, 7) is 7.53. The van der Waals surface area contributed by atoms with E-state index in [0.29, 0.717) is 34.8 Å². The van der Waals surface area contributed by atoms with Gasteiger partial charge in [-0.05, 0) is 89.9 Å². The Kier molecular flexibility index (Phi) is 7.77. The van der Waals surface area contributed by atoms with Gasteiger partial charge in [0.15, 0.2) is 0 Å². The molecule has 1 aliphatic carbocycles. The van der Waals surface area contributed by atoms with Crippen molar-refractivity contribution in [2.24, 2.45) is 0 Å². The van der Waals surface area contributed by atoms with Gasteiger partial charge >= 0.3 is 0 Å². The number of nitrogens with one attached hydrogen (secondary N) is 1. The van der Waals surface area contributed by atoms with Gasteiger partial charge in [0.2, 0.25) is 0 Å². The first-order valence-corrected chi connectivity index (χ1v) is 13.0. The molecule has 0 radical (unpaired) electrons. The van der Waals surface area contributed by atoms with E-state index < -0.39 is 0 Å². The number of aromatic nitrogens is 1. The highest BCUT2D eigenvalue weighted by Gasteiger charge is 2.28. The van der Waals surface area contributed by atoms with Gasteiger partial charge in [-0.2, -0.15) is 0 Å². The van der Waals surface area contributed by atoms with Crippen molar-refractivity contribution in [1.82, 2.24) is 14.9 Å². The van der Waals surface area contributed by atoms with Gasteiger partial charge in [0.05, 0.1) is 5.69 Å². The van der Waals surface area contributed by atoms with E-state index >= 15 is 0 Å². The Hall–Kier alpha value is -2.51. The molecule has 1 aliphatic heterocycles. The predicted octanol–water partition coefficient (Wildman–Crippen LogP) is 3.73. The minimum Gasteiger partial charge on any atom is -0.410 e. The molecule has 0 bridgehead atoms. The molecule has 0 spiro atoms. The number of aryl methyl sites for hydroxylation is 1. The quantitative estimate of drug-likeness (QED) is 0.627. The summed E-state index contributed by atoms with van der Waals surface area (Å²) in [4.78, 5) is 36.3. The maximum Gasteiger partial charge on any atom is 0.288 e. The summed E-state index contributed by atoms with van der Waals surface area (Å²) < 4.78 is 1.35. The molecule has 35 heavy (non-hydrogen) atoms. The second-order valence-corrected chi connectivity index (χ2v) is 10.4. The van der Waals surface area contributed by atoms with E-state index in [1.807, 2.05) is 26.0 Å². The van der Waals surface area contributed by atoms with Crippen molar-refractivity contribution >= 4 is 23.2 Å². The number of halogens is 1. The van der Waals surface area contributed by atoms with Crippen molar-refractivity contribution in [2.45, 2.75) is 71.5 Å². The van der Waals surface area contributed by atoms with Gasteiger partial charge in [0.1, 0.15) is 6.61 Å². The first kappa shape index (κ1) is 25.6. The fourth-order valence-corrected chi connectivity index (χ4v) is 5.78. The van der Waals surface area contributed by atoms with Gasteiger partial charge < -0.3 is 20.0 Å². The molecular weight excluding hydrogens is 464 g/mol. The number of hydrogen-bond donors (Lipinski definition) is 1. The first-order valence-electron chi connectivity index (χ1n) is 12.6. The van der Waals surface area contributed by atoms with Crippen LogP contribution >= 0.6 is 11.6 Å². The normalized spacial score (nSPS) is 19.4. The molecule has 1 amide bonds. The van der Waals surface area contributed by atoms with Crippen LogP contribution in [0.4, 0.5) is 5.69 Å². The number of carbonyl (C=O) groups excluding carboxylic acids is 1. The molecule has 1 saturated carbocycles. The lowest BCUT2D eigenvalue weighted by atomic mass is 9.89. The third kappa shape index (κ3) is 5.21. The van der Waals surface area contributed by atoms with Crippen LogP contribution in [0.25, 0.3) is 0 Å². The van der Waals surface area contributed by atoms with Crippen molar-refractivity contribution < 1.29 is 9.63 Å². The van der Waals surface area contributed by atoms with Crippen molar-refractivity contribution in [3.63, 3.8) is 0 Å². The number of benzene rings is 1. The van der Waals surface area contributed by atoms with Gasteiger partial charge in [0, 0.05) is 53.4 Å². The average molecular weight is 501 g/mol. The molecule has 190 valence electrons. The maximum atomic E-state index is 13.3. The molecule has 2 aromatic rings. The average Bonchev–Trinajstić information content (AvgIpc) is 3.30. The molecule has 8 heteroatoms. The van der Waals surface area contributed by atoms with Crippen molar-refractivity contribution in [3.05, 3.63) is 61.5 Å². The van der Waals surface area contributed by atoms with Crippen LogP contribution in [-0.4, -0.2) is 54.9 Å². The van der Waals surface area contributed by atoms with Crippen LogP contribution in [0.1, 0.15) is 65.3 Å². The largest absolute Gasteiger partial charge is 0.410 e. The van der Waals surface area contributed by atoms with Crippen molar-refractivity contribution in [2.75, 3.05) is 32.1 Å². The third-order valence-electron chi connectivity index (χ3n) is 7.64. The van der Waals surface area contributed by atoms with Crippen LogP contribution in [0.5, 0.6) is 0 Å². The molecule has 1 aromatic heterocycles. The zero-order valence-corrected chi connectivity index (χ0v) is 22.2. The summed E-state index contributed by atoms with van der Waals surface area (Å²) in [5.74, 6) is -0.233. The van der Waals surface area contributed by atoms with E-state index in [2.05, 4.69) is 36.1 Å². The summed E-state index contributed by atoms with van der Waals surface area (Å²) >= 11 is 6.52. The van der Waals surface area contributed by atoms with E-state index in [4.69, 9.17) is 16.4 Å². The monoisotopic (exact) mass is 500 g/mol. The van der Waals surface area contributed by atoms with Crippen LogP contribution < -0.4 is 20.6 Å². The summed E-state index contributed by atoms with van der Waals surface area (Å²) in [6.07, 6.45) is 5.29. The minimum absolute atomic E-state index is 0.139. The number of anilines is 1. The van der Waals surface area contributed by atoms with Crippen LogP contribution in [0.2, 0.25) is 5.02 Å². The lowest BCUT2D eigenvalue weighted by Gasteiger charge is -2.40. The van der Waals surface area contributed by atoms with Gasteiger partial charge in [0.25, 0.3) is 11.5 Å². The van der Waals surface area contributed by atoms with Gasteiger partial charge in [-0.3, -0.25) is 9.59 Å². The number of hydrogen-bond acceptors (Lipinski definition) is 5.